The summed E-state index contributed by atoms with van der Waals surface area (Å²) in [6, 6.07) is 0. The van der Waals surface area contributed by atoms with E-state index in [2.05, 4.69) is 25.4 Å². The molecule has 0 bridgehead atoms. The third kappa shape index (κ3) is 7.92. The average molecular weight is 522 g/mol. The Hall–Kier alpha value is -1.10. The van der Waals surface area contributed by atoms with Crippen LogP contribution in [0.5, 0.6) is 0 Å². The van der Waals surface area contributed by atoms with Crippen LogP contribution >= 0.6 is 24.0 Å². The van der Waals surface area contributed by atoms with Crippen LogP contribution in [-0.4, -0.2) is 98.4 Å². The van der Waals surface area contributed by atoms with Gasteiger partial charge in [0.1, 0.15) is 0 Å². The highest BCUT2D eigenvalue weighted by molar-refractivity contribution is 14.0. The molecule has 2 aliphatic rings. The second kappa shape index (κ2) is 12.6. The van der Waals surface area contributed by atoms with Gasteiger partial charge in [0.25, 0.3) is 0 Å². The molecule has 2 aliphatic heterocycles. The Bertz CT molecular complexity index is 555. The number of guanidine groups is 1. The van der Waals surface area contributed by atoms with Crippen molar-refractivity contribution in [3.63, 3.8) is 0 Å². The lowest BCUT2D eigenvalue weighted by atomic mass is 9.92. The largest absolute Gasteiger partial charge is 0.356 e. The van der Waals surface area contributed by atoms with Crippen molar-refractivity contribution in [1.82, 2.24) is 25.3 Å². The summed E-state index contributed by atoms with van der Waals surface area (Å²) >= 11 is 0. The Morgan fingerprint density at radius 3 is 2.10 bits per heavy atom. The van der Waals surface area contributed by atoms with Crippen LogP contribution < -0.4 is 10.6 Å². The monoisotopic (exact) mass is 522 g/mol. The van der Waals surface area contributed by atoms with Gasteiger partial charge in [-0.1, -0.05) is 0 Å². The number of nitrogens with zero attached hydrogens (tertiary/aromatic N) is 4. The van der Waals surface area contributed by atoms with Crippen molar-refractivity contribution in [2.24, 2.45) is 10.4 Å². The van der Waals surface area contributed by atoms with Crippen LogP contribution in [0.1, 0.15) is 40.0 Å². The molecular formula is C20H39IN6O2. The van der Waals surface area contributed by atoms with Gasteiger partial charge < -0.3 is 20.4 Å². The van der Waals surface area contributed by atoms with Gasteiger partial charge in [-0.3, -0.25) is 19.5 Å². The average Bonchev–Trinajstić information content (AvgIpc) is 2.70. The maximum Gasteiger partial charge on any atom is 0.236 e. The van der Waals surface area contributed by atoms with Crippen molar-refractivity contribution in [2.45, 2.75) is 40.0 Å². The second-order valence-electron chi connectivity index (χ2n) is 8.35. The molecule has 2 N–H and O–H groups in total. The topological polar surface area (TPSA) is 80.3 Å². The molecule has 0 radical (unpaired) electrons. The number of piperidine rings is 1. The maximum atomic E-state index is 12.5. The molecule has 2 heterocycles. The van der Waals surface area contributed by atoms with Crippen LogP contribution in [0.4, 0.5) is 0 Å². The minimum atomic E-state index is -0.505. The van der Waals surface area contributed by atoms with Gasteiger partial charge in [0.15, 0.2) is 5.96 Å². The summed E-state index contributed by atoms with van der Waals surface area (Å²) in [5.74, 6) is 1.12. The van der Waals surface area contributed by atoms with Gasteiger partial charge >= 0.3 is 0 Å². The number of piperazine rings is 1. The number of hydrogen-bond donors (Lipinski definition) is 2. The van der Waals surface area contributed by atoms with E-state index in [1.165, 1.54) is 6.42 Å². The first-order chi connectivity index (χ1) is 13.4. The zero-order valence-corrected chi connectivity index (χ0v) is 20.8. The predicted octanol–water partition coefficient (Wildman–Crippen LogP) is 0.972. The zero-order valence-electron chi connectivity index (χ0n) is 18.5. The van der Waals surface area contributed by atoms with Crippen LogP contribution in [0, 0.1) is 5.41 Å². The molecule has 0 aromatic rings. The van der Waals surface area contributed by atoms with Crippen molar-refractivity contribution in [1.29, 1.82) is 0 Å². The predicted molar refractivity (Wildman–Crippen MR) is 128 cm³/mol. The number of carbonyl (C=O) groups is 2. The molecule has 8 nitrogen and oxygen atoms in total. The zero-order chi connectivity index (χ0) is 20.6. The molecule has 9 heteroatoms. The molecule has 2 saturated heterocycles. The van der Waals surface area contributed by atoms with Crippen molar-refractivity contribution < 1.29 is 9.59 Å². The summed E-state index contributed by atoms with van der Waals surface area (Å²) < 4.78 is 0. The Kier molecular flexibility index (Phi) is 11.2. The van der Waals surface area contributed by atoms with Gasteiger partial charge in [-0.05, 0) is 40.0 Å². The first-order valence-corrected chi connectivity index (χ1v) is 10.6. The van der Waals surface area contributed by atoms with E-state index in [0.29, 0.717) is 19.6 Å². The van der Waals surface area contributed by atoms with E-state index in [9.17, 15) is 9.59 Å². The minimum Gasteiger partial charge on any atom is -0.356 e. The smallest absolute Gasteiger partial charge is 0.236 e. The Morgan fingerprint density at radius 1 is 0.931 bits per heavy atom. The number of carbonyl (C=O) groups excluding carboxylic acids is 2. The fourth-order valence-electron chi connectivity index (χ4n) is 3.66. The number of nitrogens with one attached hydrogen (secondary N) is 2. The molecule has 29 heavy (non-hydrogen) atoms. The van der Waals surface area contributed by atoms with Crippen molar-refractivity contribution >= 4 is 41.8 Å². The quantitative estimate of drug-likeness (QED) is 0.309. The standard InChI is InChI=1S/C20H38N6O2.HI/c1-5-22-18(28)20(2,3)16-23-19(21-4)26-13-11-24(12-14-26)15-17(27)25-9-7-6-8-10-25;/h5-16H2,1-4H3,(H,21,23)(H,22,28);1H. The van der Waals surface area contributed by atoms with Gasteiger partial charge in [0.2, 0.25) is 11.8 Å². The van der Waals surface area contributed by atoms with Crippen molar-refractivity contribution in [3.8, 4) is 0 Å². The Morgan fingerprint density at radius 2 is 1.55 bits per heavy atom. The van der Waals surface area contributed by atoms with Crippen molar-refractivity contribution in [2.75, 3.05) is 66.0 Å². The highest BCUT2D eigenvalue weighted by atomic mass is 127. The molecule has 0 aromatic carbocycles. The first kappa shape index (κ1) is 25.9. The van der Waals surface area contributed by atoms with E-state index in [0.717, 1.165) is 58.1 Å². The van der Waals surface area contributed by atoms with Crippen LogP contribution in [0.2, 0.25) is 0 Å². The fourth-order valence-corrected chi connectivity index (χ4v) is 3.66. The molecule has 0 aliphatic carbocycles. The third-order valence-corrected chi connectivity index (χ3v) is 5.59. The number of hydrogen-bond acceptors (Lipinski definition) is 4. The summed E-state index contributed by atoms with van der Waals surface area (Å²) in [5, 5.41) is 6.23. The van der Waals surface area contributed by atoms with Crippen molar-refractivity contribution in [3.05, 3.63) is 0 Å². The van der Waals surface area contributed by atoms with E-state index < -0.39 is 5.41 Å². The van der Waals surface area contributed by atoms with E-state index in [-0.39, 0.29) is 35.8 Å². The SMILES string of the molecule is CCNC(=O)C(C)(C)CNC(=NC)N1CCN(CC(=O)N2CCCCC2)CC1.I. The number of likely N-dealkylation sites (tertiary alicyclic amines) is 1. The molecule has 2 amide bonds. The van der Waals surface area contributed by atoms with Crippen LogP contribution in [-0.2, 0) is 9.59 Å². The Balaban J connectivity index is 0.00000420. The minimum absolute atomic E-state index is 0. The van der Waals surface area contributed by atoms with Crippen LogP contribution in [0.25, 0.3) is 0 Å². The van der Waals surface area contributed by atoms with E-state index in [1.54, 1.807) is 7.05 Å². The van der Waals surface area contributed by atoms with Gasteiger partial charge in [0, 0.05) is 59.4 Å². The van der Waals surface area contributed by atoms with Crippen LogP contribution in [0.15, 0.2) is 4.99 Å². The normalized spacial score (nSPS) is 18.8. The molecule has 2 fully saturated rings. The molecule has 0 saturated carbocycles. The number of amides is 2. The van der Waals surface area contributed by atoms with Gasteiger partial charge in [-0.15, -0.1) is 24.0 Å². The molecular weight excluding hydrogens is 483 g/mol. The molecule has 0 aromatic heterocycles. The highest BCUT2D eigenvalue weighted by Gasteiger charge is 2.29. The first-order valence-electron chi connectivity index (χ1n) is 10.6. The summed E-state index contributed by atoms with van der Waals surface area (Å²) in [4.78, 5) is 35.5. The summed E-state index contributed by atoms with van der Waals surface area (Å²) in [7, 11) is 1.77. The van der Waals surface area contributed by atoms with Gasteiger partial charge in [-0.2, -0.15) is 0 Å². The molecule has 0 unspecified atom stereocenters. The molecule has 2 rings (SSSR count). The number of aliphatic imine (C=N–C) groups is 1. The summed E-state index contributed by atoms with van der Waals surface area (Å²) in [6.45, 7) is 12.6. The van der Waals surface area contributed by atoms with E-state index >= 15 is 0 Å². The summed E-state index contributed by atoms with van der Waals surface area (Å²) in [6.07, 6.45) is 3.51. The van der Waals surface area contributed by atoms with Gasteiger partial charge in [-0.25, -0.2) is 0 Å². The molecule has 168 valence electrons. The maximum absolute atomic E-state index is 12.5. The lowest BCUT2D eigenvalue weighted by molar-refractivity contribution is -0.133. The third-order valence-electron chi connectivity index (χ3n) is 5.59. The van der Waals surface area contributed by atoms with E-state index in [4.69, 9.17) is 0 Å². The Labute approximate surface area is 192 Å². The lowest BCUT2D eigenvalue weighted by Crippen LogP contribution is -2.56. The fraction of sp³-hybridized carbons (Fsp3) is 0.850. The highest BCUT2D eigenvalue weighted by Crippen LogP contribution is 2.14. The lowest BCUT2D eigenvalue weighted by Gasteiger charge is -2.38. The van der Waals surface area contributed by atoms with Crippen LogP contribution in [0.3, 0.4) is 0 Å². The molecule has 0 spiro atoms. The molecule has 0 atom stereocenters. The second-order valence-corrected chi connectivity index (χ2v) is 8.35. The number of rotatable bonds is 6. The van der Waals surface area contributed by atoms with Gasteiger partial charge in [0.05, 0.1) is 12.0 Å². The number of halogens is 1. The van der Waals surface area contributed by atoms with E-state index in [1.807, 2.05) is 25.7 Å². The summed E-state index contributed by atoms with van der Waals surface area (Å²) in [5.41, 5.74) is -0.505.